The smallest absolute Gasteiger partial charge is 0.247 e. The average molecular weight is 333 g/mol. The Bertz CT molecular complexity index is 702. The van der Waals surface area contributed by atoms with Gasteiger partial charge in [-0.2, -0.15) is 5.10 Å². The van der Waals surface area contributed by atoms with Crippen molar-refractivity contribution in [2.45, 2.75) is 19.0 Å². The van der Waals surface area contributed by atoms with E-state index < -0.39 is 6.04 Å². The first-order chi connectivity index (χ1) is 11.2. The molecule has 120 valence electrons. The van der Waals surface area contributed by atoms with Gasteiger partial charge in [0.2, 0.25) is 11.8 Å². The molecule has 1 aromatic heterocycles. The Hall–Kier alpha value is -2.34. The largest absolute Gasteiger partial charge is 0.352 e. The van der Waals surface area contributed by atoms with Crippen molar-refractivity contribution < 1.29 is 9.59 Å². The fraction of sp³-hybridized carbons (Fsp3) is 0.312. The monoisotopic (exact) mass is 332 g/mol. The molecule has 1 atom stereocenters. The number of benzene rings is 1. The minimum Gasteiger partial charge on any atom is -0.352 e. The number of amides is 2. The van der Waals surface area contributed by atoms with Crippen LogP contribution >= 0.6 is 11.6 Å². The van der Waals surface area contributed by atoms with Gasteiger partial charge in [-0.3, -0.25) is 14.3 Å². The topological polar surface area (TPSA) is 67.2 Å². The lowest BCUT2D eigenvalue weighted by Crippen LogP contribution is -2.52. The van der Waals surface area contributed by atoms with E-state index in [2.05, 4.69) is 10.4 Å². The highest BCUT2D eigenvalue weighted by Crippen LogP contribution is 2.29. The van der Waals surface area contributed by atoms with E-state index in [4.69, 9.17) is 11.6 Å². The number of piperazine rings is 1. The summed E-state index contributed by atoms with van der Waals surface area (Å²) in [5.41, 5.74) is 0.652. The molecule has 0 aliphatic carbocycles. The van der Waals surface area contributed by atoms with Crippen LogP contribution in [0.3, 0.4) is 0 Å². The van der Waals surface area contributed by atoms with Gasteiger partial charge in [-0.05, 0) is 12.1 Å². The second kappa shape index (κ2) is 6.83. The summed E-state index contributed by atoms with van der Waals surface area (Å²) in [7, 11) is 0. The van der Waals surface area contributed by atoms with Crippen LogP contribution in [0.4, 0.5) is 0 Å². The summed E-state index contributed by atoms with van der Waals surface area (Å²) in [5, 5.41) is 7.37. The maximum Gasteiger partial charge on any atom is 0.247 e. The van der Waals surface area contributed by atoms with E-state index in [1.165, 1.54) is 0 Å². The van der Waals surface area contributed by atoms with Gasteiger partial charge in [0.1, 0.15) is 6.04 Å². The molecule has 1 N–H and O–H groups in total. The lowest BCUT2D eigenvalue weighted by Gasteiger charge is -2.35. The summed E-state index contributed by atoms with van der Waals surface area (Å²) in [4.78, 5) is 26.5. The predicted molar refractivity (Wildman–Crippen MR) is 85.8 cm³/mol. The summed E-state index contributed by atoms with van der Waals surface area (Å²) >= 11 is 6.22. The van der Waals surface area contributed by atoms with E-state index in [1.54, 1.807) is 34.0 Å². The van der Waals surface area contributed by atoms with Crippen LogP contribution < -0.4 is 5.32 Å². The van der Waals surface area contributed by atoms with Crippen LogP contribution in [0.25, 0.3) is 0 Å². The van der Waals surface area contributed by atoms with E-state index in [0.717, 1.165) is 0 Å². The number of aromatic nitrogens is 2. The molecule has 2 aromatic rings. The highest BCUT2D eigenvalue weighted by Gasteiger charge is 2.35. The molecular formula is C16H17ClN4O2. The second-order valence-electron chi connectivity index (χ2n) is 5.32. The van der Waals surface area contributed by atoms with Crippen LogP contribution in [0.2, 0.25) is 5.02 Å². The van der Waals surface area contributed by atoms with Gasteiger partial charge in [0.25, 0.3) is 0 Å². The van der Waals surface area contributed by atoms with Crippen molar-refractivity contribution in [3.05, 3.63) is 53.3 Å². The van der Waals surface area contributed by atoms with E-state index in [1.807, 2.05) is 18.3 Å². The van der Waals surface area contributed by atoms with Crippen LogP contribution in [0, 0.1) is 0 Å². The van der Waals surface area contributed by atoms with Gasteiger partial charge in [0, 0.05) is 49.0 Å². The van der Waals surface area contributed by atoms with E-state index >= 15 is 0 Å². The quantitative estimate of drug-likeness (QED) is 0.925. The Morgan fingerprint density at radius 2 is 2.17 bits per heavy atom. The Morgan fingerprint density at radius 3 is 2.91 bits per heavy atom. The van der Waals surface area contributed by atoms with Gasteiger partial charge >= 0.3 is 0 Å². The second-order valence-corrected chi connectivity index (χ2v) is 5.73. The first-order valence-corrected chi connectivity index (χ1v) is 7.83. The molecule has 0 saturated carbocycles. The number of halogens is 1. The van der Waals surface area contributed by atoms with Gasteiger partial charge in [-0.1, -0.05) is 29.8 Å². The standard InChI is InChI=1S/C16H17ClN4O2/c17-13-5-2-1-4-12(13)15-16(23)18-8-11-21(15)14(22)6-10-20-9-3-7-19-20/h1-5,7,9,15H,6,8,10-11H2,(H,18,23)/t15-/m0/s1. The Kier molecular flexibility index (Phi) is 4.62. The molecule has 1 saturated heterocycles. The summed E-state index contributed by atoms with van der Waals surface area (Å²) in [6.45, 7) is 1.41. The molecule has 1 aliphatic rings. The third-order valence-electron chi connectivity index (χ3n) is 3.85. The maximum absolute atomic E-state index is 12.6. The van der Waals surface area contributed by atoms with Crippen molar-refractivity contribution >= 4 is 23.4 Å². The van der Waals surface area contributed by atoms with Crippen LogP contribution in [0.15, 0.2) is 42.7 Å². The molecule has 0 spiro atoms. The van der Waals surface area contributed by atoms with E-state index in [0.29, 0.717) is 30.2 Å². The molecule has 2 heterocycles. The van der Waals surface area contributed by atoms with Gasteiger partial charge in [0.15, 0.2) is 0 Å². The van der Waals surface area contributed by atoms with E-state index in [9.17, 15) is 9.59 Å². The molecule has 1 aromatic carbocycles. The molecule has 0 bridgehead atoms. The summed E-state index contributed by atoms with van der Waals surface area (Å²) in [6.07, 6.45) is 3.77. The van der Waals surface area contributed by atoms with Crippen LogP contribution in [0.5, 0.6) is 0 Å². The normalized spacial score (nSPS) is 17.9. The van der Waals surface area contributed by atoms with Gasteiger partial charge in [0.05, 0.1) is 0 Å². The molecule has 0 radical (unpaired) electrons. The fourth-order valence-electron chi connectivity index (χ4n) is 2.73. The fourth-order valence-corrected chi connectivity index (χ4v) is 2.97. The first kappa shape index (κ1) is 15.6. The molecule has 7 heteroatoms. The van der Waals surface area contributed by atoms with Crippen molar-refractivity contribution in [1.29, 1.82) is 0 Å². The lowest BCUT2D eigenvalue weighted by molar-refractivity contribution is -0.143. The molecule has 6 nitrogen and oxygen atoms in total. The third kappa shape index (κ3) is 3.37. The highest BCUT2D eigenvalue weighted by atomic mass is 35.5. The molecule has 3 rings (SSSR count). The van der Waals surface area contributed by atoms with Gasteiger partial charge < -0.3 is 10.2 Å². The number of aryl methyl sites for hydroxylation is 1. The first-order valence-electron chi connectivity index (χ1n) is 7.46. The predicted octanol–water partition coefficient (Wildman–Crippen LogP) is 1.63. The number of hydrogen-bond donors (Lipinski definition) is 1. The number of nitrogens with zero attached hydrogens (tertiary/aromatic N) is 3. The van der Waals surface area contributed by atoms with Crippen molar-refractivity contribution in [3.63, 3.8) is 0 Å². The zero-order valence-electron chi connectivity index (χ0n) is 12.5. The van der Waals surface area contributed by atoms with Crippen LogP contribution in [0.1, 0.15) is 18.0 Å². The average Bonchev–Trinajstić information content (AvgIpc) is 3.07. The summed E-state index contributed by atoms with van der Waals surface area (Å²) in [5.74, 6) is -0.281. The maximum atomic E-state index is 12.6. The number of carbonyl (C=O) groups excluding carboxylic acids is 2. The van der Waals surface area contributed by atoms with Crippen molar-refractivity contribution in [2.24, 2.45) is 0 Å². The summed E-state index contributed by atoms with van der Waals surface area (Å²) in [6, 6.07) is 8.26. The van der Waals surface area contributed by atoms with Crippen LogP contribution in [-0.2, 0) is 16.1 Å². The van der Waals surface area contributed by atoms with Gasteiger partial charge in [-0.15, -0.1) is 0 Å². The number of rotatable bonds is 4. The van der Waals surface area contributed by atoms with Crippen LogP contribution in [-0.4, -0.2) is 39.6 Å². The Labute approximate surface area is 139 Å². The lowest BCUT2D eigenvalue weighted by atomic mass is 10.0. The van der Waals surface area contributed by atoms with Crippen molar-refractivity contribution in [3.8, 4) is 0 Å². The van der Waals surface area contributed by atoms with Crippen molar-refractivity contribution in [2.75, 3.05) is 13.1 Å². The van der Waals surface area contributed by atoms with Crippen molar-refractivity contribution in [1.82, 2.24) is 20.0 Å². The molecule has 1 aliphatic heterocycles. The molecule has 23 heavy (non-hydrogen) atoms. The zero-order valence-corrected chi connectivity index (χ0v) is 13.2. The molecule has 2 amide bonds. The van der Waals surface area contributed by atoms with Gasteiger partial charge in [-0.25, -0.2) is 0 Å². The minimum atomic E-state index is -0.678. The zero-order chi connectivity index (χ0) is 16.2. The SMILES string of the molecule is O=C1NCCN(C(=O)CCn2cccn2)[C@H]1c1ccccc1Cl. The minimum absolute atomic E-state index is 0.0831. The molecule has 0 unspecified atom stereocenters. The number of nitrogens with one attached hydrogen (secondary N) is 1. The molecular weight excluding hydrogens is 316 g/mol. The number of carbonyl (C=O) groups is 2. The third-order valence-corrected chi connectivity index (χ3v) is 4.19. The van der Waals surface area contributed by atoms with E-state index in [-0.39, 0.29) is 18.2 Å². The molecule has 1 fully saturated rings. The Balaban J connectivity index is 1.79. The highest BCUT2D eigenvalue weighted by molar-refractivity contribution is 6.31. The Morgan fingerprint density at radius 1 is 1.35 bits per heavy atom. The summed E-state index contributed by atoms with van der Waals surface area (Å²) < 4.78 is 1.70. The number of hydrogen-bond acceptors (Lipinski definition) is 3.